The molecule has 1 aliphatic carbocycles. The van der Waals surface area contributed by atoms with Gasteiger partial charge in [0.2, 0.25) is 5.52 Å². The third kappa shape index (κ3) is 6.97. The van der Waals surface area contributed by atoms with Gasteiger partial charge in [0.1, 0.15) is 17.0 Å². The van der Waals surface area contributed by atoms with Crippen molar-refractivity contribution in [1.82, 2.24) is 0 Å². The van der Waals surface area contributed by atoms with Gasteiger partial charge in [0.05, 0.1) is 23.1 Å². The summed E-state index contributed by atoms with van der Waals surface area (Å²) in [4.78, 5) is 3.58. The second-order valence-corrected chi connectivity index (χ2v) is 14.0. The van der Waals surface area contributed by atoms with Crippen molar-refractivity contribution < 1.29 is 22.3 Å². The minimum Gasteiger partial charge on any atom is -0.493 e. The second kappa shape index (κ2) is 13.0. The van der Waals surface area contributed by atoms with Crippen LogP contribution in [0.1, 0.15) is 45.0 Å². The summed E-state index contributed by atoms with van der Waals surface area (Å²) in [5, 5.41) is 2.35. The maximum absolute atomic E-state index is 11.3. The van der Waals surface area contributed by atoms with E-state index in [1.54, 1.807) is 23.1 Å². The average molecular weight is 610 g/mol. The van der Waals surface area contributed by atoms with Gasteiger partial charge in [0, 0.05) is 23.6 Å². The van der Waals surface area contributed by atoms with Crippen molar-refractivity contribution in [3.8, 4) is 0 Å². The van der Waals surface area contributed by atoms with Crippen LogP contribution in [0.25, 0.3) is 16.3 Å². The Labute approximate surface area is 251 Å². The minimum absolute atomic E-state index is 0.216. The van der Waals surface area contributed by atoms with Crippen molar-refractivity contribution in [2.24, 2.45) is 5.92 Å². The molecule has 3 aromatic rings. The molecule has 9 heteroatoms. The predicted octanol–water partition coefficient (Wildman–Crippen LogP) is 7.60. The zero-order valence-electron chi connectivity index (χ0n) is 23.7. The highest BCUT2D eigenvalue weighted by molar-refractivity contribution is 8.03. The number of para-hydroxylation sites is 2. The largest absolute Gasteiger partial charge is 0.493 e. The molecule has 1 aromatic heterocycles. The van der Waals surface area contributed by atoms with Gasteiger partial charge >= 0.3 is 0 Å². The minimum atomic E-state index is -4.03. The summed E-state index contributed by atoms with van der Waals surface area (Å²) in [6, 6.07) is 16.9. The molecule has 0 fully saturated rings. The normalized spacial score (nSPS) is 19.7. The molecule has 1 atom stereocenters. The van der Waals surface area contributed by atoms with E-state index in [9.17, 15) is 13.0 Å². The molecule has 0 bridgehead atoms. The number of anilines is 1. The molecule has 5 rings (SSSR count). The lowest BCUT2D eigenvalue weighted by Crippen LogP contribution is -2.33. The van der Waals surface area contributed by atoms with E-state index in [4.69, 9.17) is 4.74 Å². The van der Waals surface area contributed by atoms with E-state index in [0.29, 0.717) is 5.92 Å². The van der Waals surface area contributed by atoms with Crippen molar-refractivity contribution in [1.29, 1.82) is 0 Å². The fourth-order valence-electron chi connectivity index (χ4n) is 5.45. The zero-order chi connectivity index (χ0) is 29.0. The van der Waals surface area contributed by atoms with Gasteiger partial charge in [-0.05, 0) is 80.5 Å². The molecule has 0 radical (unpaired) electrons. The number of allylic oxidation sites excluding steroid dienone is 5. The Bertz CT molecular complexity index is 1650. The molecule has 1 unspecified atom stereocenters. The first kappa shape index (κ1) is 29.6. The predicted molar refractivity (Wildman–Crippen MR) is 171 cm³/mol. The number of hydrogen-bond donors (Lipinski definition) is 1. The quantitative estimate of drug-likeness (QED) is 0.145. The van der Waals surface area contributed by atoms with Crippen LogP contribution in [0.4, 0.5) is 5.69 Å². The van der Waals surface area contributed by atoms with Crippen LogP contribution in [0.5, 0.6) is 0 Å². The molecular weight excluding hydrogens is 573 g/mol. The van der Waals surface area contributed by atoms with E-state index in [0.717, 1.165) is 42.8 Å². The summed E-state index contributed by atoms with van der Waals surface area (Å²) in [7, 11) is -4.03. The van der Waals surface area contributed by atoms with Crippen molar-refractivity contribution in [2.75, 3.05) is 23.8 Å². The van der Waals surface area contributed by atoms with Crippen molar-refractivity contribution >= 4 is 55.2 Å². The number of thiazole rings is 1. The third-order valence-corrected chi connectivity index (χ3v) is 10.3. The average Bonchev–Trinajstić information content (AvgIpc) is 3.50. The summed E-state index contributed by atoms with van der Waals surface area (Å²) < 4.78 is 41.7. The van der Waals surface area contributed by atoms with E-state index in [1.165, 1.54) is 30.8 Å². The number of ether oxygens (including phenoxy) is 1. The van der Waals surface area contributed by atoms with Crippen LogP contribution in [0, 0.1) is 5.92 Å². The van der Waals surface area contributed by atoms with Crippen LogP contribution in [-0.2, 0) is 21.4 Å². The van der Waals surface area contributed by atoms with Crippen molar-refractivity contribution in [3.05, 3.63) is 93.7 Å². The molecule has 2 aromatic carbocycles. The summed E-state index contributed by atoms with van der Waals surface area (Å²) in [6.07, 6.45) is 10.7. The molecule has 2 aliphatic rings. The number of hydrogen-bond acceptors (Lipinski definition) is 6. The third-order valence-electron chi connectivity index (χ3n) is 7.27. The lowest BCUT2D eigenvalue weighted by atomic mass is 9.85. The van der Waals surface area contributed by atoms with Crippen LogP contribution >= 0.6 is 23.1 Å². The number of benzene rings is 2. The molecule has 0 saturated heterocycles. The molecule has 0 amide bonds. The SMILES string of the molecule is CCN1C(=CC=C2CC(C)CC(C=Cc3sc4ccccc4[n+]3CC)=C2OCCCS(=O)(=O)O)Sc2ccccc21. The fourth-order valence-corrected chi connectivity index (χ4v) is 8.19. The van der Waals surface area contributed by atoms with Gasteiger partial charge in [-0.25, -0.2) is 0 Å². The summed E-state index contributed by atoms with van der Waals surface area (Å²) >= 11 is 3.55. The molecule has 0 saturated carbocycles. The number of fused-ring (bicyclic) bond motifs is 2. The number of aryl methyl sites for hydroxylation is 1. The van der Waals surface area contributed by atoms with Gasteiger partial charge < -0.3 is 9.64 Å². The molecule has 2 heterocycles. The summed E-state index contributed by atoms with van der Waals surface area (Å²) in [6.45, 7) is 8.56. The summed E-state index contributed by atoms with van der Waals surface area (Å²) in [5.41, 5.74) is 4.68. The first-order valence-electron chi connectivity index (χ1n) is 14.1. The highest BCUT2D eigenvalue weighted by atomic mass is 32.2. The number of thioether (sulfide) groups is 1. The molecule has 1 N–H and O–H groups in total. The van der Waals surface area contributed by atoms with E-state index < -0.39 is 10.1 Å². The van der Waals surface area contributed by atoms with Gasteiger partial charge in [0.25, 0.3) is 15.1 Å². The van der Waals surface area contributed by atoms with Gasteiger partial charge in [0.15, 0.2) is 0 Å². The fraction of sp³-hybridized carbons (Fsp3) is 0.344. The topological polar surface area (TPSA) is 70.7 Å². The van der Waals surface area contributed by atoms with Gasteiger partial charge in [-0.1, -0.05) is 60.4 Å². The highest BCUT2D eigenvalue weighted by Gasteiger charge is 2.26. The molecular formula is C32H37N2O4S3+. The number of nitrogens with zero attached hydrogens (tertiary/aromatic N) is 2. The van der Waals surface area contributed by atoms with E-state index in [2.05, 4.69) is 103 Å². The lowest BCUT2D eigenvalue weighted by Gasteiger charge is -2.26. The number of rotatable bonds is 10. The maximum atomic E-state index is 11.3. The smallest absolute Gasteiger partial charge is 0.264 e. The monoisotopic (exact) mass is 609 g/mol. The van der Waals surface area contributed by atoms with Gasteiger partial charge in [-0.2, -0.15) is 13.0 Å². The molecule has 1 aliphatic heterocycles. The first-order chi connectivity index (χ1) is 19.8. The molecule has 216 valence electrons. The summed E-state index contributed by atoms with van der Waals surface area (Å²) in [5.74, 6) is 0.934. The standard InChI is InChI=1S/C32H36N2O4S3/c1-4-33-26-11-6-8-13-28(26)39-30(33)17-15-24-21-23(3)22-25(32(24)38-19-10-20-41(35,36)37)16-18-31-34(5-2)27-12-7-9-14-29(27)40-31/h6-9,11-18,23H,4-5,10,19-22H2,1-3H3/p+1. The van der Waals surface area contributed by atoms with E-state index >= 15 is 0 Å². The molecule has 0 spiro atoms. The van der Waals surface area contributed by atoms with Crippen LogP contribution in [0.3, 0.4) is 0 Å². The Hall–Kier alpha value is -2.85. The van der Waals surface area contributed by atoms with Crippen molar-refractivity contribution in [3.63, 3.8) is 0 Å². The van der Waals surface area contributed by atoms with E-state index in [1.807, 2.05) is 0 Å². The van der Waals surface area contributed by atoms with Crippen molar-refractivity contribution in [2.45, 2.75) is 51.5 Å². The first-order valence-corrected chi connectivity index (χ1v) is 17.4. The Morgan fingerprint density at radius 2 is 1.85 bits per heavy atom. The molecule has 41 heavy (non-hydrogen) atoms. The Morgan fingerprint density at radius 3 is 2.63 bits per heavy atom. The van der Waals surface area contributed by atoms with Crippen LogP contribution in [0.2, 0.25) is 0 Å². The van der Waals surface area contributed by atoms with Crippen LogP contribution in [0.15, 0.2) is 93.6 Å². The van der Waals surface area contributed by atoms with Gasteiger partial charge in [-0.3, -0.25) is 4.55 Å². The molecule has 6 nitrogen and oxygen atoms in total. The van der Waals surface area contributed by atoms with E-state index in [-0.39, 0.29) is 18.8 Å². The van der Waals surface area contributed by atoms with Crippen LogP contribution in [-0.4, -0.2) is 31.9 Å². The Morgan fingerprint density at radius 1 is 1.07 bits per heavy atom. The Kier molecular flexibility index (Phi) is 9.38. The second-order valence-electron chi connectivity index (χ2n) is 10.4. The Balaban J connectivity index is 1.50. The lowest BCUT2D eigenvalue weighted by molar-refractivity contribution is -0.665. The zero-order valence-corrected chi connectivity index (χ0v) is 26.2. The highest BCUT2D eigenvalue weighted by Crippen LogP contribution is 2.46. The van der Waals surface area contributed by atoms with Gasteiger partial charge in [-0.15, -0.1) is 0 Å². The maximum Gasteiger partial charge on any atom is 0.264 e. The number of aromatic nitrogens is 1. The van der Waals surface area contributed by atoms with Crippen LogP contribution < -0.4 is 9.47 Å².